The summed E-state index contributed by atoms with van der Waals surface area (Å²) in [5.74, 6) is -0.290. The van der Waals surface area contributed by atoms with E-state index in [0.717, 1.165) is 49.2 Å². The molecule has 23 heavy (non-hydrogen) atoms. The lowest BCUT2D eigenvalue weighted by Crippen LogP contribution is -2.33. The second-order valence-corrected chi connectivity index (χ2v) is 5.62. The third-order valence-corrected chi connectivity index (χ3v) is 3.79. The number of carbonyl (C=O) groups is 1. The van der Waals surface area contributed by atoms with Gasteiger partial charge in [0.2, 0.25) is 5.91 Å². The molecule has 2 aromatic rings. The van der Waals surface area contributed by atoms with Crippen LogP contribution in [0.1, 0.15) is 25.0 Å². The number of nitrogens with zero attached hydrogens (tertiary/aromatic N) is 2. The van der Waals surface area contributed by atoms with Crippen LogP contribution in [0.5, 0.6) is 0 Å². The number of nitrogens with two attached hydrogens (primary N) is 1. The van der Waals surface area contributed by atoms with E-state index in [2.05, 4.69) is 10.2 Å². The van der Waals surface area contributed by atoms with Crippen LogP contribution in [0.15, 0.2) is 30.3 Å². The van der Waals surface area contributed by atoms with Crippen LogP contribution < -0.4 is 5.73 Å². The molecule has 0 aliphatic carbocycles. The van der Waals surface area contributed by atoms with Gasteiger partial charge in [0, 0.05) is 24.8 Å². The maximum atomic E-state index is 13.2. The lowest BCUT2D eigenvalue weighted by Gasteiger charge is -2.15. The summed E-state index contributed by atoms with van der Waals surface area (Å²) in [6.45, 7) is 0.793. The Kier molecular flexibility index (Phi) is 6.29. The van der Waals surface area contributed by atoms with Gasteiger partial charge in [0.1, 0.15) is 5.82 Å². The first-order chi connectivity index (χ1) is 11.1. The minimum atomic E-state index is -0.261. The number of nitrogens with one attached hydrogen (secondary N) is 1. The van der Waals surface area contributed by atoms with Gasteiger partial charge in [-0.1, -0.05) is 18.6 Å². The van der Waals surface area contributed by atoms with E-state index >= 15 is 0 Å². The quantitative estimate of drug-likeness (QED) is 0.734. The summed E-state index contributed by atoms with van der Waals surface area (Å²) < 4.78 is 13.2. The lowest BCUT2D eigenvalue weighted by atomic mass is 10.1. The molecule has 0 fully saturated rings. The predicted octanol–water partition coefficient (Wildman–Crippen LogP) is 2.35. The summed E-state index contributed by atoms with van der Waals surface area (Å²) in [7, 11) is 1.77. The van der Waals surface area contributed by atoms with Crippen LogP contribution in [0.4, 0.5) is 4.39 Å². The molecule has 1 aromatic heterocycles. The van der Waals surface area contributed by atoms with Gasteiger partial charge in [-0.05, 0) is 37.5 Å². The van der Waals surface area contributed by atoms with Gasteiger partial charge in [0.25, 0.3) is 0 Å². The first kappa shape index (κ1) is 17.1. The number of hydrogen-bond donors (Lipinski definition) is 2. The summed E-state index contributed by atoms with van der Waals surface area (Å²) in [5, 5.41) is 7.23. The number of likely N-dealkylation sites (N-methyl/N-ethyl adjacent to an activating group) is 1. The van der Waals surface area contributed by atoms with Crippen LogP contribution in [0.2, 0.25) is 0 Å². The third kappa shape index (κ3) is 5.17. The molecule has 0 saturated carbocycles. The molecule has 5 nitrogen and oxygen atoms in total. The molecule has 0 radical (unpaired) electrons. The zero-order valence-electron chi connectivity index (χ0n) is 13.4. The van der Waals surface area contributed by atoms with Gasteiger partial charge in [-0.3, -0.25) is 9.89 Å². The maximum Gasteiger partial charge on any atom is 0.236 e. The molecule has 0 aliphatic heterocycles. The van der Waals surface area contributed by atoms with Crippen LogP contribution in [0.3, 0.4) is 0 Å². The normalized spacial score (nSPS) is 10.7. The van der Waals surface area contributed by atoms with E-state index in [1.807, 2.05) is 12.1 Å². The third-order valence-electron chi connectivity index (χ3n) is 3.79. The van der Waals surface area contributed by atoms with Gasteiger partial charge < -0.3 is 10.6 Å². The summed E-state index contributed by atoms with van der Waals surface area (Å²) in [6.07, 6.45) is 3.87. The average Bonchev–Trinajstić information content (AvgIpc) is 3.02. The molecular weight excluding hydrogens is 295 g/mol. The van der Waals surface area contributed by atoms with Crippen LogP contribution in [-0.2, 0) is 11.2 Å². The zero-order valence-corrected chi connectivity index (χ0v) is 13.4. The number of amides is 1. The van der Waals surface area contributed by atoms with Crippen molar-refractivity contribution in [2.24, 2.45) is 5.73 Å². The predicted molar refractivity (Wildman–Crippen MR) is 88.2 cm³/mol. The van der Waals surface area contributed by atoms with Crippen LogP contribution in [-0.4, -0.2) is 41.1 Å². The van der Waals surface area contributed by atoms with Gasteiger partial charge >= 0.3 is 0 Å². The highest BCUT2D eigenvalue weighted by Crippen LogP contribution is 2.19. The van der Waals surface area contributed by atoms with Crippen molar-refractivity contribution >= 4 is 5.91 Å². The van der Waals surface area contributed by atoms with Gasteiger partial charge in [0.05, 0.1) is 12.2 Å². The maximum absolute atomic E-state index is 13.2. The van der Waals surface area contributed by atoms with E-state index in [9.17, 15) is 9.18 Å². The summed E-state index contributed by atoms with van der Waals surface area (Å²) in [6, 6.07) is 8.37. The van der Waals surface area contributed by atoms with E-state index < -0.39 is 0 Å². The molecule has 6 heteroatoms. The first-order valence-electron chi connectivity index (χ1n) is 7.84. The molecule has 3 N–H and O–H groups in total. The van der Waals surface area contributed by atoms with E-state index in [1.54, 1.807) is 18.0 Å². The van der Waals surface area contributed by atoms with Gasteiger partial charge in [0.15, 0.2) is 0 Å². The number of hydrogen-bond acceptors (Lipinski definition) is 3. The second kappa shape index (κ2) is 8.43. The lowest BCUT2D eigenvalue weighted by molar-refractivity contribution is -0.128. The Bertz CT molecular complexity index is 641. The molecule has 124 valence electrons. The number of unbranched alkanes of at least 4 members (excludes halogenated alkanes) is 2. The number of H-pyrrole nitrogens is 1. The van der Waals surface area contributed by atoms with Crippen LogP contribution in [0, 0.1) is 5.82 Å². The number of aromatic nitrogens is 2. The number of benzene rings is 1. The van der Waals surface area contributed by atoms with Gasteiger partial charge in [-0.2, -0.15) is 5.10 Å². The van der Waals surface area contributed by atoms with Crippen molar-refractivity contribution in [2.45, 2.75) is 25.7 Å². The Hall–Kier alpha value is -2.21. The molecular formula is C17H23FN4O. The van der Waals surface area contributed by atoms with Crippen molar-refractivity contribution in [3.05, 3.63) is 41.8 Å². The Morgan fingerprint density at radius 1 is 1.30 bits per heavy atom. The van der Waals surface area contributed by atoms with Crippen molar-refractivity contribution in [3.8, 4) is 11.3 Å². The largest absolute Gasteiger partial charge is 0.345 e. The molecule has 1 heterocycles. The number of rotatable bonds is 8. The zero-order chi connectivity index (χ0) is 16.7. The Labute approximate surface area is 135 Å². The van der Waals surface area contributed by atoms with E-state index in [4.69, 9.17) is 5.73 Å². The summed E-state index contributed by atoms with van der Waals surface area (Å²) >= 11 is 0. The fourth-order valence-electron chi connectivity index (χ4n) is 2.41. The van der Waals surface area contributed by atoms with Gasteiger partial charge in [-0.15, -0.1) is 0 Å². The molecule has 2 rings (SSSR count). The van der Waals surface area contributed by atoms with Crippen molar-refractivity contribution < 1.29 is 9.18 Å². The molecule has 1 amide bonds. The highest BCUT2D eigenvalue weighted by molar-refractivity contribution is 5.77. The van der Waals surface area contributed by atoms with Gasteiger partial charge in [-0.25, -0.2) is 4.39 Å². The average molecular weight is 318 g/mol. The minimum Gasteiger partial charge on any atom is -0.345 e. The second-order valence-electron chi connectivity index (χ2n) is 5.62. The number of halogens is 1. The summed E-state index contributed by atoms with van der Waals surface area (Å²) in [5.41, 5.74) is 7.88. The Balaban J connectivity index is 1.74. The van der Waals surface area contributed by atoms with Crippen LogP contribution >= 0.6 is 0 Å². The fourth-order valence-corrected chi connectivity index (χ4v) is 2.41. The highest BCUT2D eigenvalue weighted by atomic mass is 19.1. The monoisotopic (exact) mass is 318 g/mol. The Morgan fingerprint density at radius 2 is 2.13 bits per heavy atom. The number of carbonyl (C=O) groups excluding carboxylic acids is 1. The minimum absolute atomic E-state index is 0.0293. The topological polar surface area (TPSA) is 75.0 Å². The standard InChI is InChI=1S/C17H23FN4O/c1-22(17(23)12-19)9-4-2-3-8-15-11-16(21-20-15)13-6-5-7-14(18)10-13/h5-7,10-11H,2-4,8-9,12,19H2,1H3,(H,20,21). The number of aryl methyl sites for hydroxylation is 1. The molecule has 0 atom stereocenters. The molecule has 0 saturated heterocycles. The molecule has 0 aliphatic rings. The van der Waals surface area contributed by atoms with E-state index in [1.165, 1.54) is 12.1 Å². The van der Waals surface area contributed by atoms with Crippen LogP contribution in [0.25, 0.3) is 11.3 Å². The number of aromatic amines is 1. The molecule has 0 spiro atoms. The first-order valence-corrected chi connectivity index (χ1v) is 7.84. The fraction of sp³-hybridized carbons (Fsp3) is 0.412. The highest BCUT2D eigenvalue weighted by Gasteiger charge is 2.06. The molecule has 1 aromatic carbocycles. The van der Waals surface area contributed by atoms with Crippen molar-refractivity contribution in [3.63, 3.8) is 0 Å². The summed E-state index contributed by atoms with van der Waals surface area (Å²) in [4.78, 5) is 13.0. The smallest absolute Gasteiger partial charge is 0.236 e. The van der Waals surface area contributed by atoms with E-state index in [0.29, 0.717) is 0 Å². The van der Waals surface area contributed by atoms with Crippen molar-refractivity contribution in [2.75, 3.05) is 20.1 Å². The molecule has 0 unspecified atom stereocenters. The molecule has 0 bridgehead atoms. The SMILES string of the molecule is CN(CCCCCc1cc(-c2cccc(F)c2)n[nH]1)C(=O)CN. The van der Waals surface area contributed by atoms with Crippen molar-refractivity contribution in [1.82, 2.24) is 15.1 Å². The van der Waals surface area contributed by atoms with Crippen molar-refractivity contribution in [1.29, 1.82) is 0 Å². The Morgan fingerprint density at radius 3 is 2.87 bits per heavy atom. The van der Waals surface area contributed by atoms with E-state index in [-0.39, 0.29) is 18.3 Å².